The molecule has 1 aromatic rings. The Labute approximate surface area is 432 Å². The number of aliphatic hydroxyl groups is 2. The molecule has 1 aromatic heterocycles. The zero-order valence-corrected chi connectivity index (χ0v) is 45.0. The standard InChI is InChI=1S/C52H85N3O16P2/c1-3-5-7-8-9-10-11-12-13-14-15-16-19-22-25-28-32-36-47(57)66-40-44(69-48(58)37-33-29-26-23-20-17-18-21-24-27-31-35-43(56)34-30-6-4-2)41-67-72(62,63)71-73(64,65)68-42-45-49(59)50(60)51(70-45)55-39-38-46(53)54-52(55)61/h12-13,17-18,23-24,26-27,31,35,38-39,44-45,49-51,59-60H,3-11,14-16,19-22,25,28-30,32-34,36-37,40-42H2,1-2H3,(H,62,63)(H,64,65)(H2,53,54,61)/b13-12-,18-17-,26-23-,27-24-,35-31+/t44-,45-,49-,50-,51-/m1/s1. The highest BCUT2D eigenvalue weighted by Crippen LogP contribution is 2.60. The van der Waals surface area contributed by atoms with E-state index in [0.717, 1.165) is 81.4 Å². The van der Waals surface area contributed by atoms with E-state index in [1.54, 1.807) is 12.2 Å². The highest BCUT2D eigenvalue weighted by Gasteiger charge is 2.46. The number of esters is 2. The van der Waals surface area contributed by atoms with Gasteiger partial charge in [0.2, 0.25) is 0 Å². The van der Waals surface area contributed by atoms with Gasteiger partial charge in [-0.1, -0.05) is 146 Å². The van der Waals surface area contributed by atoms with E-state index in [2.05, 4.69) is 35.3 Å². The molecule has 1 aliphatic heterocycles. The number of hydrogen-bond donors (Lipinski definition) is 5. The van der Waals surface area contributed by atoms with Crippen LogP contribution < -0.4 is 11.4 Å². The van der Waals surface area contributed by atoms with Gasteiger partial charge >= 0.3 is 33.3 Å². The predicted molar refractivity (Wildman–Crippen MR) is 280 cm³/mol. The van der Waals surface area contributed by atoms with Gasteiger partial charge in [0, 0.05) is 25.5 Å². The first-order chi connectivity index (χ1) is 35.1. The zero-order chi connectivity index (χ0) is 53.6. The quantitative estimate of drug-likeness (QED) is 0.0101. The van der Waals surface area contributed by atoms with Crippen molar-refractivity contribution < 1.29 is 71.1 Å². The molecule has 73 heavy (non-hydrogen) atoms. The van der Waals surface area contributed by atoms with Crippen molar-refractivity contribution in [2.45, 2.75) is 205 Å². The number of nitrogen functional groups attached to an aromatic ring is 1. The van der Waals surface area contributed by atoms with Gasteiger partial charge in [0.1, 0.15) is 30.7 Å². The van der Waals surface area contributed by atoms with Crippen molar-refractivity contribution in [3.63, 3.8) is 0 Å². The number of aliphatic hydroxyl groups excluding tert-OH is 2. The third-order valence-corrected chi connectivity index (χ3v) is 14.2. The van der Waals surface area contributed by atoms with Gasteiger partial charge in [0.05, 0.1) is 13.2 Å². The van der Waals surface area contributed by atoms with Gasteiger partial charge in [-0.2, -0.15) is 9.29 Å². The minimum Gasteiger partial charge on any atom is -0.462 e. The topological polar surface area (TPSA) is 283 Å². The van der Waals surface area contributed by atoms with Crippen LogP contribution in [0.4, 0.5) is 5.82 Å². The number of phosphoric ester groups is 2. The normalized spacial score (nSPS) is 19.4. The van der Waals surface area contributed by atoms with Crippen LogP contribution in [0.5, 0.6) is 0 Å². The van der Waals surface area contributed by atoms with E-state index in [1.807, 2.05) is 36.5 Å². The van der Waals surface area contributed by atoms with Crippen LogP contribution in [0.25, 0.3) is 0 Å². The van der Waals surface area contributed by atoms with E-state index in [0.29, 0.717) is 38.5 Å². The molecular formula is C52H85N3O16P2. The van der Waals surface area contributed by atoms with Crippen molar-refractivity contribution in [3.8, 4) is 0 Å². The maximum atomic E-state index is 12.9. The highest BCUT2D eigenvalue weighted by molar-refractivity contribution is 7.61. The van der Waals surface area contributed by atoms with Crippen molar-refractivity contribution in [3.05, 3.63) is 83.5 Å². The summed E-state index contributed by atoms with van der Waals surface area (Å²) in [5.41, 5.74) is 4.58. The number of carbonyl (C=O) groups excluding carboxylic acids is 3. The number of allylic oxidation sites excluding steroid dienone is 10. The molecule has 0 bridgehead atoms. The van der Waals surface area contributed by atoms with Gasteiger partial charge in [-0.15, -0.1) is 0 Å². The summed E-state index contributed by atoms with van der Waals surface area (Å²) in [4.78, 5) is 73.7. The van der Waals surface area contributed by atoms with Gasteiger partial charge < -0.3 is 39.9 Å². The molecule has 2 heterocycles. The largest absolute Gasteiger partial charge is 0.481 e. The lowest BCUT2D eigenvalue weighted by Gasteiger charge is -2.21. The Hall–Kier alpha value is -3.87. The van der Waals surface area contributed by atoms with E-state index in [4.69, 9.17) is 29.0 Å². The Morgan fingerprint density at radius 2 is 1.25 bits per heavy atom. The fraction of sp³-hybridized carbons (Fsp3) is 0.673. The van der Waals surface area contributed by atoms with Crippen LogP contribution in [0.3, 0.4) is 0 Å². The number of rotatable bonds is 43. The number of anilines is 1. The van der Waals surface area contributed by atoms with E-state index in [-0.39, 0.29) is 24.4 Å². The molecule has 2 rings (SSSR count). The van der Waals surface area contributed by atoms with Crippen molar-refractivity contribution in [1.29, 1.82) is 0 Å². The fourth-order valence-corrected chi connectivity index (χ4v) is 9.54. The molecule has 0 aliphatic carbocycles. The Morgan fingerprint density at radius 3 is 1.92 bits per heavy atom. The molecular weight excluding hydrogens is 985 g/mol. The summed E-state index contributed by atoms with van der Waals surface area (Å²) in [6.45, 7) is 1.93. The molecule has 21 heteroatoms. The predicted octanol–water partition coefficient (Wildman–Crippen LogP) is 10.3. The van der Waals surface area contributed by atoms with Gasteiger partial charge in [0.25, 0.3) is 0 Å². The van der Waals surface area contributed by atoms with E-state index in [1.165, 1.54) is 44.6 Å². The van der Waals surface area contributed by atoms with Crippen LogP contribution in [0.2, 0.25) is 0 Å². The van der Waals surface area contributed by atoms with E-state index >= 15 is 0 Å². The third-order valence-electron chi connectivity index (χ3n) is 11.6. The van der Waals surface area contributed by atoms with Gasteiger partial charge in [-0.3, -0.25) is 28.0 Å². The Bertz CT molecular complexity index is 2020. The number of aromatic nitrogens is 2. The second-order valence-corrected chi connectivity index (χ2v) is 21.1. The van der Waals surface area contributed by atoms with Crippen LogP contribution >= 0.6 is 15.6 Å². The Morgan fingerprint density at radius 1 is 0.699 bits per heavy atom. The molecule has 1 aliphatic rings. The Kier molecular flexibility index (Phi) is 35.3. The molecule has 0 spiro atoms. The van der Waals surface area contributed by atoms with Crippen molar-refractivity contribution in [2.75, 3.05) is 25.6 Å². The van der Waals surface area contributed by atoms with Crippen LogP contribution in [-0.2, 0) is 51.1 Å². The molecule has 0 radical (unpaired) electrons. The molecule has 1 fully saturated rings. The lowest BCUT2D eigenvalue weighted by atomic mass is 10.1. The SMILES string of the molecule is CCCCCCCC/C=C\CCCCCCCCCC(=O)OC[C@H](COP(=O)(O)OP(=O)(O)OC[C@H]1O[C@@H](n2ccc(N)nc2=O)[C@H](O)[C@@H]1O)OC(=O)CCC/C=C\C/C=C\C/C=C\C=C\C(=O)CCCCC. The summed E-state index contributed by atoms with van der Waals surface area (Å²) in [5, 5.41) is 20.9. The van der Waals surface area contributed by atoms with Gasteiger partial charge in [0.15, 0.2) is 18.1 Å². The van der Waals surface area contributed by atoms with Crippen LogP contribution in [-0.4, -0.2) is 91.5 Å². The first-order valence-corrected chi connectivity index (χ1v) is 29.2. The summed E-state index contributed by atoms with van der Waals surface area (Å²) in [5.74, 6) is -1.28. The summed E-state index contributed by atoms with van der Waals surface area (Å²) < 4.78 is 56.7. The van der Waals surface area contributed by atoms with E-state index < -0.39 is 83.7 Å². The lowest BCUT2D eigenvalue weighted by molar-refractivity contribution is -0.161. The summed E-state index contributed by atoms with van der Waals surface area (Å²) in [6.07, 6.45) is 35.7. The monoisotopic (exact) mass is 1070 g/mol. The molecule has 1 saturated heterocycles. The molecule has 19 nitrogen and oxygen atoms in total. The van der Waals surface area contributed by atoms with E-state index in [9.17, 15) is 48.3 Å². The van der Waals surface area contributed by atoms with Gasteiger partial charge in [-0.25, -0.2) is 13.9 Å². The smallest absolute Gasteiger partial charge is 0.462 e. The molecule has 0 aromatic carbocycles. The number of phosphoric acid groups is 2. The number of nitrogens with zero attached hydrogens (tertiary/aromatic N) is 2. The average Bonchev–Trinajstić information content (AvgIpc) is 3.62. The van der Waals surface area contributed by atoms with Crippen molar-refractivity contribution in [2.24, 2.45) is 0 Å². The maximum Gasteiger partial charge on any atom is 0.481 e. The van der Waals surface area contributed by atoms with Crippen molar-refractivity contribution in [1.82, 2.24) is 9.55 Å². The molecule has 0 amide bonds. The van der Waals surface area contributed by atoms with Crippen molar-refractivity contribution >= 4 is 39.2 Å². The molecule has 0 saturated carbocycles. The zero-order valence-electron chi connectivity index (χ0n) is 43.2. The van der Waals surface area contributed by atoms with Crippen LogP contribution in [0, 0.1) is 0 Å². The molecule has 7 atom stereocenters. The second-order valence-electron chi connectivity index (χ2n) is 18.1. The molecule has 6 N–H and O–H groups in total. The van der Waals surface area contributed by atoms with Crippen LogP contribution in [0.1, 0.15) is 181 Å². The minimum absolute atomic E-state index is 0.0545. The number of ketones is 1. The first kappa shape index (κ1) is 65.2. The Balaban J connectivity index is 1.83. The average molecular weight is 1070 g/mol. The van der Waals surface area contributed by atoms with Crippen LogP contribution in [0.15, 0.2) is 77.8 Å². The lowest BCUT2D eigenvalue weighted by Crippen LogP contribution is -2.36. The summed E-state index contributed by atoms with van der Waals surface area (Å²) >= 11 is 0. The summed E-state index contributed by atoms with van der Waals surface area (Å²) in [7, 11) is -10.9. The number of unbranched alkanes of at least 4 members (excludes halogenated alkanes) is 16. The number of hydrogen-bond acceptors (Lipinski definition) is 16. The first-order valence-electron chi connectivity index (χ1n) is 26.3. The third kappa shape index (κ3) is 32.2. The number of carbonyl (C=O) groups is 3. The number of nitrogens with two attached hydrogens (primary N) is 1. The molecule has 414 valence electrons. The van der Waals surface area contributed by atoms with Gasteiger partial charge in [-0.05, 0) is 76.4 Å². The number of ether oxygens (including phenoxy) is 3. The maximum absolute atomic E-state index is 12.9. The highest BCUT2D eigenvalue weighted by atomic mass is 31.3. The summed E-state index contributed by atoms with van der Waals surface area (Å²) in [6, 6.07) is 1.24. The minimum atomic E-state index is -5.45. The second kappa shape index (κ2) is 39.5. The molecule has 2 unspecified atom stereocenters. The fourth-order valence-electron chi connectivity index (χ4n) is 7.43.